The number of quaternary nitrogens is 2. The molecule has 0 saturated carbocycles. The van der Waals surface area contributed by atoms with Crippen LogP contribution in [0.15, 0.2) is 0 Å². The van der Waals surface area contributed by atoms with Crippen LogP contribution >= 0.6 is 0 Å². The summed E-state index contributed by atoms with van der Waals surface area (Å²) in [6.45, 7) is 0.171. The lowest BCUT2D eigenvalue weighted by Gasteiger charge is -2.20. The zero-order chi connectivity index (χ0) is 8.69. The van der Waals surface area contributed by atoms with Crippen LogP contribution in [0, 0.1) is 10.4 Å². The fraction of sp³-hybridized carbons (Fsp3) is 1.00. The Morgan fingerprint density at radius 1 is 1.27 bits per heavy atom. The minimum Gasteiger partial charge on any atom is -0.634 e. The van der Waals surface area contributed by atoms with Crippen LogP contribution in [0.2, 0.25) is 0 Å². The van der Waals surface area contributed by atoms with Crippen LogP contribution < -0.4 is 10.3 Å². The zero-order valence-electron chi connectivity index (χ0n) is 6.46. The van der Waals surface area contributed by atoms with Gasteiger partial charge in [0.05, 0.1) is 14.2 Å². The molecule has 0 radical (unpaired) electrons. The van der Waals surface area contributed by atoms with E-state index in [4.69, 9.17) is 0 Å². The predicted molar refractivity (Wildman–Crippen MR) is 33.5 cm³/mol. The lowest BCUT2D eigenvalue weighted by molar-refractivity contribution is -1.13. The molecule has 2 atom stereocenters. The van der Waals surface area contributed by atoms with Gasteiger partial charge in [0, 0.05) is 0 Å². The second kappa shape index (κ2) is 6.43. The van der Waals surface area contributed by atoms with Crippen molar-refractivity contribution in [1.29, 1.82) is 0 Å². The monoisotopic (exact) mass is 168 g/mol. The third kappa shape index (κ3) is 7.62. The first kappa shape index (κ1) is 10.7. The van der Waals surface area contributed by atoms with Crippen LogP contribution in [-0.4, -0.2) is 27.2 Å². The number of hydroxylamine groups is 4. The number of hydrogen-bond acceptors (Lipinski definition) is 5. The molecule has 0 aromatic rings. The molecule has 0 aromatic heterocycles. The maximum atomic E-state index is 10.5. The van der Waals surface area contributed by atoms with E-state index in [1.165, 1.54) is 14.2 Å². The molecular formula is C4H12N2O5. The summed E-state index contributed by atoms with van der Waals surface area (Å²) in [5, 5.41) is 24.0. The second-order valence-corrected chi connectivity index (χ2v) is 1.89. The van der Waals surface area contributed by atoms with Gasteiger partial charge in [-0.15, -0.1) is 0 Å². The maximum absolute atomic E-state index is 10.5. The van der Waals surface area contributed by atoms with Gasteiger partial charge in [-0.3, -0.25) is 0 Å². The first-order chi connectivity index (χ1) is 5.16. The molecule has 68 valence electrons. The Hall–Kier alpha value is -0.280. The summed E-state index contributed by atoms with van der Waals surface area (Å²) in [5.74, 6) is 0. The van der Waals surface area contributed by atoms with Crippen molar-refractivity contribution in [3.8, 4) is 0 Å². The van der Waals surface area contributed by atoms with Gasteiger partial charge in [-0.2, -0.15) is 5.23 Å². The smallest absolute Gasteiger partial charge is 0.159 e. The summed E-state index contributed by atoms with van der Waals surface area (Å²) >= 11 is 0. The predicted octanol–water partition coefficient (Wildman–Crippen LogP) is -3.19. The fourth-order valence-corrected chi connectivity index (χ4v) is 0.392. The van der Waals surface area contributed by atoms with E-state index in [0.29, 0.717) is 0 Å². The largest absolute Gasteiger partial charge is 0.634 e. The van der Waals surface area contributed by atoms with Crippen molar-refractivity contribution in [2.24, 2.45) is 0 Å². The first-order valence-electron chi connectivity index (χ1n) is 3.06. The molecular weight excluding hydrogens is 156 g/mol. The van der Waals surface area contributed by atoms with Crippen LogP contribution in [-0.2, 0) is 14.9 Å². The lowest BCUT2D eigenvalue weighted by Crippen LogP contribution is -3.14. The molecule has 0 aliphatic rings. The highest BCUT2D eigenvalue weighted by Crippen LogP contribution is 1.63. The van der Waals surface area contributed by atoms with E-state index in [1.54, 1.807) is 0 Å². The minimum absolute atomic E-state index is 0.0126. The van der Waals surface area contributed by atoms with Crippen LogP contribution in [0.1, 0.15) is 0 Å². The van der Waals surface area contributed by atoms with Crippen molar-refractivity contribution >= 4 is 0 Å². The number of nitrogens with one attached hydrogen (secondary N) is 2. The Morgan fingerprint density at radius 2 is 1.91 bits per heavy atom. The molecule has 0 fully saturated rings. The van der Waals surface area contributed by atoms with E-state index in [-0.39, 0.29) is 18.2 Å². The summed E-state index contributed by atoms with van der Waals surface area (Å²) in [7, 11) is 2.60. The molecule has 11 heavy (non-hydrogen) atoms. The van der Waals surface area contributed by atoms with Gasteiger partial charge < -0.3 is 15.5 Å². The topological polar surface area (TPSA) is 82.7 Å². The molecule has 0 spiro atoms. The van der Waals surface area contributed by atoms with Crippen molar-refractivity contribution in [3.05, 3.63) is 10.4 Å². The van der Waals surface area contributed by atoms with Gasteiger partial charge in [-0.05, 0) is 10.0 Å². The second-order valence-electron chi connectivity index (χ2n) is 1.89. The minimum atomic E-state index is -0.623. The van der Waals surface area contributed by atoms with Crippen molar-refractivity contribution in [2.75, 3.05) is 27.2 Å². The average molecular weight is 168 g/mol. The standard InChI is InChI=1S/C4H12N2O5/c1-5(7)3-4-6(8)10-11-9-2/h5-6H,3-4H2,1-2H3. The third-order valence-electron chi connectivity index (χ3n) is 0.876. The van der Waals surface area contributed by atoms with Gasteiger partial charge in [0.25, 0.3) is 0 Å². The molecule has 0 aliphatic heterocycles. The normalized spacial score (nSPS) is 16.4. The summed E-state index contributed by atoms with van der Waals surface area (Å²) in [6.07, 6.45) is 0. The molecule has 0 heterocycles. The summed E-state index contributed by atoms with van der Waals surface area (Å²) in [5.41, 5.74) is 0. The Morgan fingerprint density at radius 3 is 2.36 bits per heavy atom. The number of rotatable bonds is 6. The molecule has 2 N–H and O–H groups in total. The van der Waals surface area contributed by atoms with Crippen molar-refractivity contribution < 1.29 is 25.2 Å². The highest BCUT2D eigenvalue weighted by molar-refractivity contribution is 4.18. The van der Waals surface area contributed by atoms with Gasteiger partial charge in [-0.1, -0.05) is 0 Å². The van der Waals surface area contributed by atoms with E-state index in [1.807, 2.05) is 0 Å². The van der Waals surface area contributed by atoms with E-state index in [2.05, 4.69) is 14.9 Å². The van der Waals surface area contributed by atoms with Crippen molar-refractivity contribution in [1.82, 2.24) is 0 Å². The number of likely N-dealkylation sites (N-methyl/N-ethyl adjacent to an activating group) is 1. The average Bonchev–Trinajstić information content (AvgIpc) is 1.97. The molecule has 2 unspecified atom stereocenters. The quantitative estimate of drug-likeness (QED) is 0.322. The highest BCUT2D eigenvalue weighted by atomic mass is 17.6. The van der Waals surface area contributed by atoms with E-state index >= 15 is 0 Å². The van der Waals surface area contributed by atoms with Gasteiger partial charge in [-0.25, -0.2) is 4.89 Å². The van der Waals surface area contributed by atoms with Crippen LogP contribution in [0.4, 0.5) is 0 Å². The van der Waals surface area contributed by atoms with Gasteiger partial charge in [0.15, 0.2) is 6.54 Å². The molecule has 0 rings (SSSR count). The lowest BCUT2D eigenvalue weighted by atomic mass is 10.6. The SMILES string of the molecule is COOO[NH+]([O-])CC[NH+](C)[O-]. The van der Waals surface area contributed by atoms with Crippen LogP contribution in [0.5, 0.6) is 0 Å². The highest BCUT2D eigenvalue weighted by Gasteiger charge is 2.00. The zero-order valence-corrected chi connectivity index (χ0v) is 6.46. The van der Waals surface area contributed by atoms with Crippen molar-refractivity contribution in [2.45, 2.75) is 0 Å². The molecule has 0 aromatic carbocycles. The molecule has 0 saturated heterocycles. The van der Waals surface area contributed by atoms with Crippen LogP contribution in [0.25, 0.3) is 0 Å². The maximum Gasteiger partial charge on any atom is 0.159 e. The van der Waals surface area contributed by atoms with Gasteiger partial charge >= 0.3 is 0 Å². The van der Waals surface area contributed by atoms with Crippen LogP contribution in [0.3, 0.4) is 0 Å². The molecule has 0 bridgehead atoms. The number of hydrogen-bond donors (Lipinski definition) is 2. The summed E-state index contributed by atoms with van der Waals surface area (Å²) in [4.78, 5) is 8.02. The van der Waals surface area contributed by atoms with Crippen molar-refractivity contribution in [3.63, 3.8) is 0 Å². The molecule has 0 aliphatic carbocycles. The molecule has 7 nitrogen and oxygen atoms in total. The van der Waals surface area contributed by atoms with Gasteiger partial charge in [0.2, 0.25) is 0 Å². The Bertz CT molecular complexity index is 90.6. The first-order valence-corrected chi connectivity index (χ1v) is 3.06. The van der Waals surface area contributed by atoms with E-state index in [0.717, 1.165) is 0 Å². The van der Waals surface area contributed by atoms with E-state index in [9.17, 15) is 10.4 Å². The third-order valence-corrected chi connectivity index (χ3v) is 0.876. The Kier molecular flexibility index (Phi) is 6.27. The van der Waals surface area contributed by atoms with E-state index < -0.39 is 5.23 Å². The summed E-state index contributed by atoms with van der Waals surface area (Å²) in [6, 6.07) is 0. The fourth-order valence-electron chi connectivity index (χ4n) is 0.392. The molecule has 7 heteroatoms. The summed E-state index contributed by atoms with van der Waals surface area (Å²) < 4.78 is 0. The van der Waals surface area contributed by atoms with Gasteiger partial charge in [0.1, 0.15) is 6.54 Å². The Balaban J connectivity index is 3.15. The molecule has 0 amide bonds. The Labute approximate surface area is 64.0 Å².